The fraction of sp³-hybridized carbons (Fsp3) is 0.350. The Hall–Kier alpha value is -2.25. The number of thiophene rings is 1. The third-order valence-corrected chi connectivity index (χ3v) is 6.20. The molecule has 0 radical (unpaired) electrons. The quantitative estimate of drug-likeness (QED) is 0.616. The second-order valence-corrected chi connectivity index (χ2v) is 8.53. The van der Waals surface area contributed by atoms with Gasteiger partial charge in [0.25, 0.3) is 5.91 Å². The molecule has 1 amide bonds. The summed E-state index contributed by atoms with van der Waals surface area (Å²) in [6.07, 6.45) is 6.16. The summed E-state index contributed by atoms with van der Waals surface area (Å²) in [4.78, 5) is 25.8. The zero-order valence-electron chi connectivity index (χ0n) is 15.5. The summed E-state index contributed by atoms with van der Waals surface area (Å²) in [7, 11) is 0. The van der Waals surface area contributed by atoms with E-state index in [2.05, 4.69) is 20.2 Å². The first-order chi connectivity index (χ1) is 13.5. The summed E-state index contributed by atoms with van der Waals surface area (Å²) in [6, 6.07) is 4.09. The van der Waals surface area contributed by atoms with Gasteiger partial charge in [0.1, 0.15) is 22.8 Å². The monoisotopic (exact) mass is 418 g/mol. The number of carbonyl (C=O) groups is 1. The van der Waals surface area contributed by atoms with Crippen molar-refractivity contribution in [2.24, 2.45) is 0 Å². The molecule has 4 rings (SSSR count). The van der Waals surface area contributed by atoms with Crippen LogP contribution >= 0.6 is 22.9 Å². The SMILES string of the molecule is Cc1sc2ncnc(N3CCCCCC3)c2c1C(=O)Nc1cc(Cl)ccc1F. The molecule has 1 saturated heterocycles. The van der Waals surface area contributed by atoms with Gasteiger partial charge in [0.15, 0.2) is 0 Å². The minimum Gasteiger partial charge on any atom is -0.356 e. The molecule has 3 heterocycles. The number of halogens is 2. The lowest BCUT2D eigenvalue weighted by atomic mass is 10.1. The fourth-order valence-corrected chi connectivity index (χ4v) is 4.76. The molecule has 0 spiro atoms. The zero-order chi connectivity index (χ0) is 19.7. The number of nitrogens with one attached hydrogen (secondary N) is 1. The number of hydrogen-bond acceptors (Lipinski definition) is 5. The number of amides is 1. The number of aryl methyl sites for hydroxylation is 1. The van der Waals surface area contributed by atoms with Crippen LogP contribution in [-0.2, 0) is 0 Å². The molecular formula is C20H20ClFN4OS. The maximum atomic E-state index is 14.1. The van der Waals surface area contributed by atoms with Crippen LogP contribution in [0.1, 0.15) is 40.9 Å². The van der Waals surface area contributed by atoms with E-state index >= 15 is 0 Å². The van der Waals surface area contributed by atoms with Crippen molar-refractivity contribution in [3.05, 3.63) is 45.8 Å². The van der Waals surface area contributed by atoms with Gasteiger partial charge in [-0.3, -0.25) is 4.79 Å². The highest BCUT2D eigenvalue weighted by Crippen LogP contribution is 2.36. The molecule has 1 N–H and O–H groups in total. The second-order valence-electron chi connectivity index (χ2n) is 6.89. The lowest BCUT2D eigenvalue weighted by Crippen LogP contribution is -2.25. The Bertz CT molecular complexity index is 1030. The summed E-state index contributed by atoms with van der Waals surface area (Å²) >= 11 is 7.40. The highest BCUT2D eigenvalue weighted by atomic mass is 35.5. The van der Waals surface area contributed by atoms with Crippen molar-refractivity contribution in [2.75, 3.05) is 23.3 Å². The zero-order valence-corrected chi connectivity index (χ0v) is 17.0. The Morgan fingerprint density at radius 1 is 1.21 bits per heavy atom. The summed E-state index contributed by atoms with van der Waals surface area (Å²) in [5.41, 5.74) is 0.559. The Kier molecular flexibility index (Phi) is 5.46. The summed E-state index contributed by atoms with van der Waals surface area (Å²) in [5.74, 6) is -0.123. The molecule has 1 aliphatic heterocycles. The average Bonchev–Trinajstić information content (AvgIpc) is 2.83. The van der Waals surface area contributed by atoms with Gasteiger partial charge in [-0.05, 0) is 38.0 Å². The molecule has 1 fully saturated rings. The van der Waals surface area contributed by atoms with Crippen LogP contribution in [-0.4, -0.2) is 29.0 Å². The Balaban J connectivity index is 1.77. The van der Waals surface area contributed by atoms with E-state index < -0.39 is 5.82 Å². The van der Waals surface area contributed by atoms with Crippen LogP contribution in [0.4, 0.5) is 15.9 Å². The van der Waals surface area contributed by atoms with Gasteiger partial charge in [0, 0.05) is 23.0 Å². The molecule has 2 aromatic heterocycles. The minimum atomic E-state index is -0.529. The standard InChI is InChI=1S/C20H20ClFN4OS/c1-12-16(19(27)25-15-10-13(21)6-7-14(15)22)17-18(23-11-24-20(17)28-12)26-8-4-2-3-5-9-26/h6-7,10-11H,2-5,8-9H2,1H3,(H,25,27). The van der Waals surface area contributed by atoms with Crippen molar-refractivity contribution < 1.29 is 9.18 Å². The molecule has 0 atom stereocenters. The van der Waals surface area contributed by atoms with Crippen molar-refractivity contribution in [1.82, 2.24) is 9.97 Å². The first-order valence-electron chi connectivity index (χ1n) is 9.30. The van der Waals surface area contributed by atoms with Crippen LogP contribution in [0.3, 0.4) is 0 Å². The van der Waals surface area contributed by atoms with E-state index in [-0.39, 0.29) is 11.6 Å². The Morgan fingerprint density at radius 3 is 2.71 bits per heavy atom. The summed E-state index contributed by atoms with van der Waals surface area (Å²) < 4.78 is 14.1. The van der Waals surface area contributed by atoms with Crippen LogP contribution in [0.15, 0.2) is 24.5 Å². The molecule has 0 saturated carbocycles. The average molecular weight is 419 g/mol. The first-order valence-corrected chi connectivity index (χ1v) is 10.5. The van der Waals surface area contributed by atoms with Gasteiger partial charge in [-0.15, -0.1) is 11.3 Å². The normalized spacial score (nSPS) is 14.9. The summed E-state index contributed by atoms with van der Waals surface area (Å²) in [5, 5.41) is 3.76. The second kappa shape index (κ2) is 8.01. The number of nitrogens with zero attached hydrogens (tertiary/aromatic N) is 3. The Morgan fingerprint density at radius 2 is 1.96 bits per heavy atom. The van der Waals surface area contributed by atoms with Gasteiger partial charge in [-0.25, -0.2) is 14.4 Å². The molecule has 0 bridgehead atoms. The van der Waals surface area contributed by atoms with Gasteiger partial charge in [0.2, 0.25) is 0 Å². The van der Waals surface area contributed by atoms with E-state index in [1.54, 1.807) is 6.33 Å². The van der Waals surface area contributed by atoms with E-state index in [1.807, 2.05) is 6.92 Å². The maximum absolute atomic E-state index is 14.1. The highest BCUT2D eigenvalue weighted by Gasteiger charge is 2.24. The molecule has 1 aromatic carbocycles. The minimum absolute atomic E-state index is 0.0596. The number of carbonyl (C=O) groups excluding carboxylic acids is 1. The molecule has 1 aliphatic rings. The number of benzene rings is 1. The number of fused-ring (bicyclic) bond motifs is 1. The smallest absolute Gasteiger partial charge is 0.257 e. The van der Waals surface area contributed by atoms with Gasteiger partial charge >= 0.3 is 0 Å². The number of aromatic nitrogens is 2. The molecule has 8 heteroatoms. The van der Waals surface area contributed by atoms with Gasteiger partial charge in [-0.2, -0.15) is 0 Å². The van der Waals surface area contributed by atoms with Crippen LogP contribution < -0.4 is 10.2 Å². The topological polar surface area (TPSA) is 58.1 Å². The lowest BCUT2D eigenvalue weighted by Gasteiger charge is -2.22. The number of hydrogen-bond donors (Lipinski definition) is 1. The number of anilines is 2. The summed E-state index contributed by atoms with van der Waals surface area (Å²) in [6.45, 7) is 3.69. The van der Waals surface area contributed by atoms with Crippen molar-refractivity contribution in [3.8, 4) is 0 Å². The highest BCUT2D eigenvalue weighted by molar-refractivity contribution is 7.19. The molecule has 28 heavy (non-hydrogen) atoms. The van der Waals surface area contributed by atoms with E-state index in [4.69, 9.17) is 11.6 Å². The van der Waals surface area contributed by atoms with E-state index in [1.165, 1.54) is 42.4 Å². The van der Waals surface area contributed by atoms with E-state index in [0.717, 1.165) is 46.8 Å². The molecule has 146 valence electrons. The van der Waals surface area contributed by atoms with Gasteiger partial charge in [-0.1, -0.05) is 24.4 Å². The third kappa shape index (κ3) is 3.69. The molecular weight excluding hydrogens is 399 g/mol. The maximum Gasteiger partial charge on any atom is 0.257 e. The largest absolute Gasteiger partial charge is 0.356 e. The fourth-order valence-electron chi connectivity index (χ4n) is 3.60. The van der Waals surface area contributed by atoms with E-state index in [9.17, 15) is 9.18 Å². The van der Waals surface area contributed by atoms with Crippen LogP contribution in [0, 0.1) is 12.7 Å². The van der Waals surface area contributed by atoms with Gasteiger partial charge in [0.05, 0.1) is 16.6 Å². The van der Waals surface area contributed by atoms with Crippen LogP contribution in [0.2, 0.25) is 5.02 Å². The van der Waals surface area contributed by atoms with Crippen molar-refractivity contribution in [2.45, 2.75) is 32.6 Å². The first kappa shape index (κ1) is 19.1. The predicted molar refractivity (Wildman–Crippen MR) is 112 cm³/mol. The van der Waals surface area contributed by atoms with Crippen LogP contribution in [0.25, 0.3) is 10.2 Å². The molecule has 3 aromatic rings. The number of rotatable bonds is 3. The van der Waals surface area contributed by atoms with E-state index in [0.29, 0.717) is 10.6 Å². The Labute approximate surface area is 171 Å². The third-order valence-electron chi connectivity index (χ3n) is 4.95. The van der Waals surface area contributed by atoms with Crippen LogP contribution in [0.5, 0.6) is 0 Å². The van der Waals surface area contributed by atoms with Crippen molar-refractivity contribution in [1.29, 1.82) is 0 Å². The van der Waals surface area contributed by atoms with Crippen molar-refractivity contribution >= 4 is 50.6 Å². The molecule has 5 nitrogen and oxygen atoms in total. The molecule has 0 aliphatic carbocycles. The van der Waals surface area contributed by atoms with Gasteiger partial charge < -0.3 is 10.2 Å². The molecule has 0 unspecified atom stereocenters. The predicted octanol–water partition coefficient (Wildman–Crippen LogP) is 5.42. The lowest BCUT2D eigenvalue weighted by molar-refractivity contribution is 0.102. The van der Waals surface area contributed by atoms with Crippen molar-refractivity contribution in [3.63, 3.8) is 0 Å².